The first-order valence-corrected chi connectivity index (χ1v) is 8.19. The molecular formula is C18H28N2O2. The highest BCUT2D eigenvalue weighted by molar-refractivity contribution is 5.76. The van der Waals surface area contributed by atoms with E-state index >= 15 is 0 Å². The van der Waals surface area contributed by atoms with Gasteiger partial charge in [0.2, 0.25) is 5.91 Å². The van der Waals surface area contributed by atoms with Crippen molar-refractivity contribution in [3.05, 3.63) is 35.4 Å². The summed E-state index contributed by atoms with van der Waals surface area (Å²) in [6.45, 7) is 9.07. The summed E-state index contributed by atoms with van der Waals surface area (Å²) in [5.41, 5.74) is 2.51. The highest BCUT2D eigenvalue weighted by Gasteiger charge is 2.18. The molecule has 0 N–H and O–H groups in total. The van der Waals surface area contributed by atoms with Crippen molar-refractivity contribution in [3.63, 3.8) is 0 Å². The van der Waals surface area contributed by atoms with Crippen LogP contribution in [-0.4, -0.2) is 55.5 Å². The third kappa shape index (κ3) is 5.11. The molecule has 0 spiro atoms. The van der Waals surface area contributed by atoms with Gasteiger partial charge in [-0.05, 0) is 24.1 Å². The smallest absolute Gasteiger partial charge is 0.224 e. The molecule has 1 aliphatic heterocycles. The van der Waals surface area contributed by atoms with Gasteiger partial charge in [0.25, 0.3) is 0 Å². The number of rotatable bonds is 6. The SMILES string of the molecule is CC(C)c1ccc(COCCC(=O)N2CCN(C)CC2)cc1. The molecule has 1 heterocycles. The summed E-state index contributed by atoms with van der Waals surface area (Å²) < 4.78 is 5.64. The maximum atomic E-state index is 12.1. The van der Waals surface area contributed by atoms with Gasteiger partial charge in [-0.2, -0.15) is 0 Å². The van der Waals surface area contributed by atoms with E-state index in [4.69, 9.17) is 4.74 Å². The highest BCUT2D eigenvalue weighted by Crippen LogP contribution is 2.15. The van der Waals surface area contributed by atoms with Gasteiger partial charge in [0.05, 0.1) is 19.6 Å². The van der Waals surface area contributed by atoms with Gasteiger partial charge in [-0.3, -0.25) is 4.79 Å². The summed E-state index contributed by atoms with van der Waals surface area (Å²) in [6, 6.07) is 8.52. The zero-order valence-corrected chi connectivity index (χ0v) is 14.0. The van der Waals surface area contributed by atoms with E-state index in [1.54, 1.807) is 0 Å². The number of hydrogen-bond donors (Lipinski definition) is 0. The monoisotopic (exact) mass is 304 g/mol. The van der Waals surface area contributed by atoms with Crippen LogP contribution in [0.2, 0.25) is 0 Å². The van der Waals surface area contributed by atoms with Crippen molar-refractivity contribution in [1.82, 2.24) is 9.80 Å². The molecule has 4 nitrogen and oxygen atoms in total. The number of likely N-dealkylation sites (N-methyl/N-ethyl adjacent to an activating group) is 1. The molecule has 0 saturated carbocycles. The first-order valence-electron chi connectivity index (χ1n) is 8.19. The summed E-state index contributed by atoms with van der Waals surface area (Å²) in [6.07, 6.45) is 0.480. The maximum absolute atomic E-state index is 12.1. The molecule has 1 aromatic rings. The van der Waals surface area contributed by atoms with E-state index < -0.39 is 0 Å². The molecule has 0 unspecified atom stereocenters. The number of piperazine rings is 1. The van der Waals surface area contributed by atoms with Gasteiger partial charge in [-0.25, -0.2) is 0 Å². The number of carbonyl (C=O) groups is 1. The van der Waals surface area contributed by atoms with E-state index in [2.05, 4.69) is 50.1 Å². The van der Waals surface area contributed by atoms with E-state index in [-0.39, 0.29) is 5.91 Å². The highest BCUT2D eigenvalue weighted by atomic mass is 16.5. The van der Waals surface area contributed by atoms with E-state index in [9.17, 15) is 4.79 Å². The number of carbonyl (C=O) groups excluding carboxylic acids is 1. The molecule has 1 amide bonds. The second-order valence-corrected chi connectivity index (χ2v) is 6.38. The van der Waals surface area contributed by atoms with Crippen molar-refractivity contribution in [2.75, 3.05) is 39.8 Å². The van der Waals surface area contributed by atoms with Gasteiger partial charge in [0.15, 0.2) is 0 Å². The first kappa shape index (κ1) is 17.0. The molecule has 1 saturated heterocycles. The minimum Gasteiger partial charge on any atom is -0.376 e. The molecule has 1 aromatic carbocycles. The summed E-state index contributed by atoms with van der Waals surface area (Å²) in [7, 11) is 2.09. The van der Waals surface area contributed by atoms with Gasteiger partial charge in [0.1, 0.15) is 0 Å². The Hall–Kier alpha value is -1.39. The molecule has 0 aromatic heterocycles. The summed E-state index contributed by atoms with van der Waals surface area (Å²) >= 11 is 0. The molecule has 1 aliphatic rings. The lowest BCUT2D eigenvalue weighted by atomic mass is 10.0. The molecule has 22 heavy (non-hydrogen) atoms. The molecular weight excluding hydrogens is 276 g/mol. The zero-order chi connectivity index (χ0) is 15.9. The maximum Gasteiger partial charge on any atom is 0.224 e. The summed E-state index contributed by atoms with van der Waals surface area (Å²) in [4.78, 5) is 16.3. The number of benzene rings is 1. The number of nitrogens with zero attached hydrogens (tertiary/aromatic N) is 2. The second kappa shape index (κ2) is 8.30. The molecule has 122 valence electrons. The largest absolute Gasteiger partial charge is 0.376 e. The van der Waals surface area contributed by atoms with Gasteiger partial charge >= 0.3 is 0 Å². The van der Waals surface area contributed by atoms with Gasteiger partial charge in [0, 0.05) is 26.2 Å². The molecule has 0 atom stereocenters. The van der Waals surface area contributed by atoms with Crippen molar-refractivity contribution in [1.29, 1.82) is 0 Å². The molecule has 0 bridgehead atoms. The first-order chi connectivity index (χ1) is 10.6. The Balaban J connectivity index is 1.65. The van der Waals surface area contributed by atoms with Crippen LogP contribution in [0.25, 0.3) is 0 Å². The fraction of sp³-hybridized carbons (Fsp3) is 0.611. The Labute approximate surface area is 134 Å². The van der Waals surface area contributed by atoms with Gasteiger partial charge < -0.3 is 14.5 Å². The zero-order valence-electron chi connectivity index (χ0n) is 14.0. The molecule has 1 fully saturated rings. The van der Waals surface area contributed by atoms with Crippen LogP contribution in [-0.2, 0) is 16.1 Å². The van der Waals surface area contributed by atoms with Crippen LogP contribution in [0.15, 0.2) is 24.3 Å². The average Bonchev–Trinajstić information content (AvgIpc) is 2.52. The van der Waals surface area contributed by atoms with Crippen LogP contribution in [0.3, 0.4) is 0 Å². The predicted molar refractivity (Wildman–Crippen MR) is 88.9 cm³/mol. The average molecular weight is 304 g/mol. The number of ether oxygens (including phenoxy) is 1. The Morgan fingerprint density at radius 1 is 1.14 bits per heavy atom. The summed E-state index contributed by atoms with van der Waals surface area (Å²) in [5.74, 6) is 0.763. The van der Waals surface area contributed by atoms with Crippen molar-refractivity contribution in [2.24, 2.45) is 0 Å². The molecule has 0 aliphatic carbocycles. The fourth-order valence-electron chi connectivity index (χ4n) is 2.56. The second-order valence-electron chi connectivity index (χ2n) is 6.38. The number of hydrogen-bond acceptors (Lipinski definition) is 3. The Morgan fingerprint density at radius 2 is 1.77 bits per heavy atom. The molecule has 0 radical (unpaired) electrons. The predicted octanol–water partition coefficient (Wildman–Crippen LogP) is 2.49. The number of amides is 1. The quantitative estimate of drug-likeness (QED) is 0.757. The topological polar surface area (TPSA) is 32.8 Å². The minimum atomic E-state index is 0.211. The van der Waals surface area contributed by atoms with E-state index in [0.29, 0.717) is 25.6 Å². The lowest BCUT2D eigenvalue weighted by Gasteiger charge is -2.32. The van der Waals surface area contributed by atoms with Crippen LogP contribution >= 0.6 is 0 Å². The minimum absolute atomic E-state index is 0.211. The van der Waals surface area contributed by atoms with Crippen LogP contribution < -0.4 is 0 Å². The van der Waals surface area contributed by atoms with Crippen molar-refractivity contribution in [2.45, 2.75) is 32.8 Å². The van der Waals surface area contributed by atoms with Gasteiger partial charge in [-0.15, -0.1) is 0 Å². The van der Waals surface area contributed by atoms with Crippen molar-refractivity contribution in [3.8, 4) is 0 Å². The van der Waals surface area contributed by atoms with Crippen LogP contribution in [0.1, 0.15) is 37.3 Å². The Kier molecular flexibility index (Phi) is 6.40. The van der Waals surface area contributed by atoms with E-state index in [1.807, 2.05) is 4.90 Å². The van der Waals surface area contributed by atoms with E-state index in [1.165, 1.54) is 5.56 Å². The summed E-state index contributed by atoms with van der Waals surface area (Å²) in [5, 5.41) is 0. The molecule has 4 heteroatoms. The third-order valence-corrected chi connectivity index (χ3v) is 4.23. The fourth-order valence-corrected chi connectivity index (χ4v) is 2.56. The lowest BCUT2D eigenvalue weighted by molar-refractivity contribution is -0.134. The van der Waals surface area contributed by atoms with E-state index in [0.717, 1.165) is 31.7 Å². The van der Waals surface area contributed by atoms with Crippen molar-refractivity contribution < 1.29 is 9.53 Å². The van der Waals surface area contributed by atoms with Crippen LogP contribution in [0.5, 0.6) is 0 Å². The third-order valence-electron chi connectivity index (χ3n) is 4.23. The lowest BCUT2D eigenvalue weighted by Crippen LogP contribution is -2.47. The molecule has 2 rings (SSSR count). The van der Waals surface area contributed by atoms with Crippen LogP contribution in [0, 0.1) is 0 Å². The van der Waals surface area contributed by atoms with Gasteiger partial charge in [-0.1, -0.05) is 38.1 Å². The normalized spacial score (nSPS) is 16.3. The van der Waals surface area contributed by atoms with Crippen molar-refractivity contribution >= 4 is 5.91 Å². The Bertz CT molecular complexity index is 462. The standard InChI is InChI=1S/C18H28N2O2/c1-15(2)17-6-4-16(5-7-17)14-22-13-8-18(21)20-11-9-19(3)10-12-20/h4-7,15H,8-14H2,1-3H3. The Morgan fingerprint density at radius 3 is 2.36 bits per heavy atom. The van der Waals surface area contributed by atoms with Crippen LogP contribution in [0.4, 0.5) is 0 Å².